The van der Waals surface area contributed by atoms with Gasteiger partial charge in [0.15, 0.2) is 0 Å². The van der Waals surface area contributed by atoms with Crippen LogP contribution in [0.2, 0.25) is 0 Å². The summed E-state index contributed by atoms with van der Waals surface area (Å²) in [6.07, 6.45) is 0. The zero-order valence-corrected chi connectivity index (χ0v) is 13.9. The Morgan fingerprint density at radius 1 is 0.850 bits per heavy atom. The summed E-state index contributed by atoms with van der Waals surface area (Å²) in [4.78, 5) is 0. The molecular formula is C13H22O5P2. The first kappa shape index (κ1) is 17.6. The third-order valence-electron chi connectivity index (χ3n) is 2.50. The molecule has 0 N–H and O–H groups in total. The fourth-order valence-corrected chi connectivity index (χ4v) is 7.31. The lowest BCUT2D eigenvalue weighted by Crippen LogP contribution is -2.12. The normalized spacial score (nSPS) is 14.9. The molecule has 0 spiro atoms. The van der Waals surface area contributed by atoms with Crippen molar-refractivity contribution in [3.8, 4) is 0 Å². The Bertz CT molecular complexity index is 479. The molecule has 0 saturated heterocycles. The molecule has 0 aliphatic rings. The van der Waals surface area contributed by atoms with Crippen molar-refractivity contribution >= 4 is 20.3 Å². The molecule has 5 nitrogen and oxygen atoms in total. The maximum atomic E-state index is 13.0. The van der Waals surface area contributed by atoms with Crippen molar-refractivity contribution in [3.63, 3.8) is 0 Å². The Morgan fingerprint density at radius 3 is 1.80 bits per heavy atom. The molecule has 0 amide bonds. The fourth-order valence-electron chi connectivity index (χ4n) is 1.80. The van der Waals surface area contributed by atoms with E-state index in [0.717, 1.165) is 0 Å². The van der Waals surface area contributed by atoms with E-state index in [1.807, 2.05) is 6.07 Å². The summed E-state index contributed by atoms with van der Waals surface area (Å²) in [6.45, 7) is 5.93. The van der Waals surface area contributed by atoms with Crippen LogP contribution in [0.5, 0.6) is 0 Å². The lowest BCUT2D eigenvalue weighted by atomic mass is 10.4. The SMILES string of the molecule is CCOP(=O)(C[P@](=O)(OCC)c1ccccc1)OCC. The monoisotopic (exact) mass is 320 g/mol. The predicted molar refractivity (Wildman–Crippen MR) is 81.0 cm³/mol. The molecule has 1 aromatic rings. The molecule has 0 radical (unpaired) electrons. The van der Waals surface area contributed by atoms with Gasteiger partial charge in [-0.25, -0.2) is 0 Å². The second kappa shape index (κ2) is 8.11. The maximum Gasteiger partial charge on any atom is 0.340 e. The van der Waals surface area contributed by atoms with E-state index in [4.69, 9.17) is 13.6 Å². The molecule has 0 aliphatic carbocycles. The minimum absolute atomic E-state index is 0.234. The van der Waals surface area contributed by atoms with E-state index < -0.39 is 15.0 Å². The smallest absolute Gasteiger partial charge is 0.325 e. The lowest BCUT2D eigenvalue weighted by Gasteiger charge is -2.23. The second-order valence-corrected chi connectivity index (χ2v) is 9.01. The van der Waals surface area contributed by atoms with Crippen molar-refractivity contribution in [2.45, 2.75) is 20.8 Å². The summed E-state index contributed by atoms with van der Waals surface area (Å²) < 4.78 is 41.5. The standard InChI is InChI=1S/C13H22O5P2/c1-4-16-19(14,13-10-8-7-9-11-13)12-20(15,17-5-2)18-6-3/h7-11H,4-6,12H2,1-3H3/t19-/m0/s1. The summed E-state index contributed by atoms with van der Waals surface area (Å²) in [5.41, 5.74) is 0. The molecule has 0 unspecified atom stereocenters. The molecule has 1 aromatic carbocycles. The first-order valence-corrected chi connectivity index (χ1v) is 10.2. The van der Waals surface area contributed by atoms with Crippen LogP contribution in [0.4, 0.5) is 0 Å². The van der Waals surface area contributed by atoms with Crippen LogP contribution in [-0.2, 0) is 22.7 Å². The van der Waals surface area contributed by atoms with E-state index in [1.165, 1.54) is 0 Å². The molecule has 20 heavy (non-hydrogen) atoms. The van der Waals surface area contributed by atoms with Gasteiger partial charge in [0.25, 0.3) is 0 Å². The Kier molecular flexibility index (Phi) is 7.14. The van der Waals surface area contributed by atoms with E-state index >= 15 is 0 Å². The van der Waals surface area contributed by atoms with E-state index in [0.29, 0.717) is 5.30 Å². The van der Waals surface area contributed by atoms with Crippen molar-refractivity contribution in [2.75, 3.05) is 25.7 Å². The average Bonchev–Trinajstić information content (AvgIpc) is 2.40. The first-order valence-electron chi connectivity index (χ1n) is 6.67. The molecule has 1 rings (SSSR count). The molecule has 0 aliphatic heterocycles. The number of benzene rings is 1. The van der Waals surface area contributed by atoms with Gasteiger partial charge < -0.3 is 13.6 Å². The minimum Gasteiger partial charge on any atom is -0.325 e. The molecule has 0 saturated carbocycles. The first-order chi connectivity index (χ1) is 9.49. The molecule has 0 bridgehead atoms. The van der Waals surface area contributed by atoms with Crippen LogP contribution < -0.4 is 5.30 Å². The quantitative estimate of drug-likeness (QED) is 0.647. The highest BCUT2D eigenvalue weighted by atomic mass is 31.2. The van der Waals surface area contributed by atoms with Crippen molar-refractivity contribution in [2.24, 2.45) is 0 Å². The third kappa shape index (κ3) is 4.83. The van der Waals surface area contributed by atoms with E-state index in [-0.39, 0.29) is 25.7 Å². The summed E-state index contributed by atoms with van der Waals surface area (Å²) in [7, 11) is -6.69. The molecule has 1 atom stereocenters. The molecule has 0 aromatic heterocycles. The van der Waals surface area contributed by atoms with Gasteiger partial charge in [0.05, 0.1) is 19.8 Å². The number of hydrogen-bond acceptors (Lipinski definition) is 5. The molecule has 114 valence electrons. The van der Waals surface area contributed by atoms with Gasteiger partial charge in [-0.1, -0.05) is 18.2 Å². The molecule has 0 fully saturated rings. The average molecular weight is 320 g/mol. The molecule has 7 heteroatoms. The van der Waals surface area contributed by atoms with Crippen LogP contribution in [0, 0.1) is 0 Å². The van der Waals surface area contributed by atoms with Crippen molar-refractivity contribution < 1.29 is 22.7 Å². The topological polar surface area (TPSA) is 61.8 Å². The Labute approximate surface area is 120 Å². The third-order valence-corrected chi connectivity index (χ3v) is 8.44. The van der Waals surface area contributed by atoms with Gasteiger partial charge in [0.1, 0.15) is 5.90 Å². The Hall–Kier alpha value is -0.440. The number of rotatable bonds is 9. The van der Waals surface area contributed by atoms with Gasteiger partial charge in [0, 0.05) is 5.30 Å². The molecular weight excluding hydrogens is 298 g/mol. The van der Waals surface area contributed by atoms with E-state index in [2.05, 4.69) is 0 Å². The lowest BCUT2D eigenvalue weighted by molar-refractivity contribution is 0.222. The summed E-state index contributed by atoms with van der Waals surface area (Å²) in [5, 5.41) is 0.529. The van der Waals surface area contributed by atoms with Crippen LogP contribution in [0.25, 0.3) is 0 Å². The largest absolute Gasteiger partial charge is 0.340 e. The highest BCUT2D eigenvalue weighted by Gasteiger charge is 2.38. The zero-order chi connectivity index (χ0) is 15.1. The van der Waals surface area contributed by atoms with E-state index in [9.17, 15) is 9.13 Å². The van der Waals surface area contributed by atoms with Crippen LogP contribution in [0.15, 0.2) is 30.3 Å². The summed E-state index contributed by atoms with van der Waals surface area (Å²) in [6, 6.07) is 8.78. The van der Waals surface area contributed by atoms with Crippen molar-refractivity contribution in [3.05, 3.63) is 30.3 Å². The Morgan fingerprint density at radius 2 is 1.35 bits per heavy atom. The van der Waals surface area contributed by atoms with Gasteiger partial charge in [0.2, 0.25) is 7.37 Å². The van der Waals surface area contributed by atoms with E-state index in [1.54, 1.807) is 45.0 Å². The van der Waals surface area contributed by atoms with Crippen molar-refractivity contribution in [1.82, 2.24) is 0 Å². The van der Waals surface area contributed by atoms with Crippen LogP contribution >= 0.6 is 15.0 Å². The van der Waals surface area contributed by atoms with Crippen molar-refractivity contribution in [1.29, 1.82) is 0 Å². The van der Waals surface area contributed by atoms with Gasteiger partial charge in [-0.05, 0) is 32.9 Å². The van der Waals surface area contributed by atoms with Crippen LogP contribution in [-0.4, -0.2) is 25.7 Å². The Balaban J connectivity index is 3.08. The summed E-state index contributed by atoms with van der Waals surface area (Å²) in [5.74, 6) is -0.237. The zero-order valence-electron chi connectivity index (χ0n) is 12.2. The second-order valence-electron chi connectivity index (χ2n) is 4.01. The summed E-state index contributed by atoms with van der Waals surface area (Å²) >= 11 is 0. The fraction of sp³-hybridized carbons (Fsp3) is 0.538. The van der Waals surface area contributed by atoms with Crippen LogP contribution in [0.1, 0.15) is 20.8 Å². The maximum absolute atomic E-state index is 13.0. The van der Waals surface area contributed by atoms with Gasteiger partial charge >= 0.3 is 7.60 Å². The minimum atomic E-state index is -3.42. The van der Waals surface area contributed by atoms with Gasteiger partial charge in [-0.3, -0.25) is 9.13 Å². The predicted octanol–water partition coefficient (Wildman–Crippen LogP) is 3.85. The highest BCUT2D eigenvalue weighted by Crippen LogP contribution is 2.62. The van der Waals surface area contributed by atoms with Gasteiger partial charge in [-0.15, -0.1) is 0 Å². The number of hydrogen-bond donors (Lipinski definition) is 0. The highest BCUT2D eigenvalue weighted by molar-refractivity contribution is 7.78. The molecule has 0 heterocycles. The van der Waals surface area contributed by atoms with Gasteiger partial charge in [-0.2, -0.15) is 0 Å². The van der Waals surface area contributed by atoms with Crippen LogP contribution in [0.3, 0.4) is 0 Å².